The number of anilines is 1. The molecule has 2 aromatic heterocycles. The highest BCUT2D eigenvalue weighted by molar-refractivity contribution is 7.17. The number of aromatic nitrogens is 2. The van der Waals surface area contributed by atoms with Crippen LogP contribution in [-0.4, -0.2) is 22.1 Å². The fraction of sp³-hybridized carbons (Fsp3) is 0.269. The Bertz CT molecular complexity index is 1320. The number of amides is 1. The van der Waals surface area contributed by atoms with Crippen LogP contribution >= 0.6 is 11.3 Å². The van der Waals surface area contributed by atoms with Crippen LogP contribution in [0.25, 0.3) is 21.3 Å². The second-order valence-electron chi connectivity index (χ2n) is 8.19. The third kappa shape index (κ3) is 4.68. The molecule has 0 spiro atoms. The van der Waals surface area contributed by atoms with Gasteiger partial charge < -0.3 is 10.1 Å². The summed E-state index contributed by atoms with van der Waals surface area (Å²) < 4.78 is 6.83. The first-order valence-corrected chi connectivity index (χ1v) is 11.9. The molecule has 0 saturated heterocycles. The summed E-state index contributed by atoms with van der Waals surface area (Å²) in [6, 6.07) is 14.7. The zero-order valence-corrected chi connectivity index (χ0v) is 20.0. The first kappa shape index (κ1) is 22.7. The number of ether oxygens (including phenoxy) is 1. The summed E-state index contributed by atoms with van der Waals surface area (Å²) in [4.78, 5) is 31.4. The maximum absolute atomic E-state index is 13.4. The van der Waals surface area contributed by atoms with E-state index >= 15 is 0 Å². The van der Waals surface area contributed by atoms with Gasteiger partial charge in [0.1, 0.15) is 16.6 Å². The highest BCUT2D eigenvalue weighted by Crippen LogP contribution is 2.31. The lowest BCUT2D eigenvalue weighted by Gasteiger charge is -2.15. The molecule has 1 atom stereocenters. The van der Waals surface area contributed by atoms with E-state index in [9.17, 15) is 9.59 Å². The molecule has 2 aromatic carbocycles. The van der Waals surface area contributed by atoms with Crippen molar-refractivity contribution in [1.82, 2.24) is 9.55 Å². The molecule has 33 heavy (non-hydrogen) atoms. The minimum absolute atomic E-state index is 0.224. The molecule has 0 radical (unpaired) electrons. The van der Waals surface area contributed by atoms with E-state index in [1.807, 2.05) is 24.4 Å². The smallest absolute Gasteiger partial charge is 0.263 e. The highest BCUT2D eigenvalue weighted by Gasteiger charge is 2.20. The Morgan fingerprint density at radius 1 is 1.09 bits per heavy atom. The van der Waals surface area contributed by atoms with Gasteiger partial charge in [0.15, 0.2) is 0 Å². The van der Waals surface area contributed by atoms with Gasteiger partial charge in [-0.2, -0.15) is 0 Å². The lowest BCUT2D eigenvalue weighted by Crippen LogP contribution is -2.31. The normalized spacial score (nSPS) is 12.2. The molecule has 170 valence electrons. The summed E-state index contributed by atoms with van der Waals surface area (Å²) in [5, 5.41) is 5.36. The van der Waals surface area contributed by atoms with Gasteiger partial charge in [-0.3, -0.25) is 14.2 Å². The monoisotopic (exact) mass is 461 g/mol. The molecule has 4 aromatic rings. The number of thiophene rings is 1. The molecule has 6 nitrogen and oxygen atoms in total. The molecular weight excluding hydrogens is 434 g/mol. The molecule has 2 heterocycles. The number of carbonyl (C=O) groups excluding carboxylic acids is 1. The maximum atomic E-state index is 13.4. The molecule has 1 N–H and O–H groups in total. The van der Waals surface area contributed by atoms with Crippen molar-refractivity contribution in [3.8, 4) is 16.9 Å². The summed E-state index contributed by atoms with van der Waals surface area (Å²) in [5.41, 5.74) is 3.47. The minimum Gasteiger partial charge on any atom is -0.494 e. The Labute approximate surface area is 196 Å². The fourth-order valence-electron chi connectivity index (χ4n) is 3.66. The van der Waals surface area contributed by atoms with E-state index in [2.05, 4.69) is 36.3 Å². The molecule has 7 heteroatoms. The van der Waals surface area contributed by atoms with E-state index in [4.69, 9.17) is 4.74 Å². The minimum atomic E-state index is -0.725. The molecule has 1 unspecified atom stereocenters. The molecule has 0 bridgehead atoms. The number of nitrogens with zero attached hydrogens (tertiary/aromatic N) is 2. The van der Waals surface area contributed by atoms with E-state index < -0.39 is 6.04 Å². The van der Waals surface area contributed by atoms with Gasteiger partial charge in [-0.25, -0.2) is 4.98 Å². The van der Waals surface area contributed by atoms with Crippen LogP contribution in [0.1, 0.15) is 45.2 Å². The maximum Gasteiger partial charge on any atom is 0.263 e. The van der Waals surface area contributed by atoms with Gasteiger partial charge in [0.05, 0.1) is 18.3 Å². The van der Waals surface area contributed by atoms with Crippen LogP contribution in [0.2, 0.25) is 0 Å². The van der Waals surface area contributed by atoms with E-state index in [1.165, 1.54) is 27.8 Å². The standard InChI is InChI=1S/C26H27N3O3S/c1-5-32-21-12-10-20(11-13-21)28-24(30)17(4)29-15-27-25-23(26(29)31)22(14-33-25)19-8-6-18(7-9-19)16(2)3/h6-17H,5H2,1-4H3,(H,28,30). The summed E-state index contributed by atoms with van der Waals surface area (Å²) in [6.07, 6.45) is 1.45. The number of rotatable bonds is 7. The molecule has 4 rings (SSSR count). The average molecular weight is 462 g/mol. The van der Waals surface area contributed by atoms with Crippen molar-refractivity contribution in [3.05, 3.63) is 76.2 Å². The summed E-state index contributed by atoms with van der Waals surface area (Å²) in [7, 11) is 0. The fourth-order valence-corrected chi connectivity index (χ4v) is 4.56. The van der Waals surface area contributed by atoms with Crippen molar-refractivity contribution in [2.75, 3.05) is 11.9 Å². The SMILES string of the molecule is CCOc1ccc(NC(=O)C(C)n2cnc3scc(-c4ccc(C(C)C)cc4)c3c2=O)cc1. The van der Waals surface area contributed by atoms with Crippen molar-refractivity contribution in [1.29, 1.82) is 0 Å². The zero-order chi connectivity index (χ0) is 23.5. The molecule has 0 fully saturated rings. The van der Waals surface area contributed by atoms with Gasteiger partial charge in [0.2, 0.25) is 5.91 Å². The molecule has 0 aliphatic heterocycles. The van der Waals surface area contributed by atoms with Crippen LogP contribution < -0.4 is 15.6 Å². The second kappa shape index (κ2) is 9.58. The number of benzene rings is 2. The van der Waals surface area contributed by atoms with Gasteiger partial charge >= 0.3 is 0 Å². The first-order chi connectivity index (χ1) is 15.9. The summed E-state index contributed by atoms with van der Waals surface area (Å²) in [6.45, 7) is 8.49. The van der Waals surface area contributed by atoms with E-state index in [0.717, 1.165) is 16.9 Å². The molecule has 0 aliphatic carbocycles. The van der Waals surface area contributed by atoms with Gasteiger partial charge in [-0.1, -0.05) is 38.1 Å². The Morgan fingerprint density at radius 2 is 1.79 bits per heavy atom. The van der Waals surface area contributed by atoms with Crippen LogP contribution in [0.4, 0.5) is 5.69 Å². The van der Waals surface area contributed by atoms with Crippen molar-refractivity contribution < 1.29 is 9.53 Å². The van der Waals surface area contributed by atoms with Crippen LogP contribution in [0.15, 0.2) is 65.0 Å². The number of hydrogen-bond donors (Lipinski definition) is 1. The second-order valence-corrected chi connectivity index (χ2v) is 9.04. The van der Waals surface area contributed by atoms with Crippen LogP contribution in [-0.2, 0) is 4.79 Å². The van der Waals surface area contributed by atoms with Crippen molar-refractivity contribution >= 4 is 33.1 Å². The molecular formula is C26H27N3O3S. The average Bonchev–Trinajstić information content (AvgIpc) is 3.25. The summed E-state index contributed by atoms with van der Waals surface area (Å²) in [5.74, 6) is 0.883. The molecule has 0 aliphatic rings. The summed E-state index contributed by atoms with van der Waals surface area (Å²) >= 11 is 1.43. The van der Waals surface area contributed by atoms with Crippen LogP contribution in [0.5, 0.6) is 5.75 Å². The van der Waals surface area contributed by atoms with Crippen molar-refractivity contribution in [3.63, 3.8) is 0 Å². The Hall–Kier alpha value is -3.45. The topological polar surface area (TPSA) is 73.2 Å². The van der Waals surface area contributed by atoms with Gasteiger partial charge in [0, 0.05) is 16.6 Å². The number of hydrogen-bond acceptors (Lipinski definition) is 5. The van der Waals surface area contributed by atoms with Gasteiger partial charge in [0.25, 0.3) is 5.56 Å². The highest BCUT2D eigenvalue weighted by atomic mass is 32.1. The van der Waals surface area contributed by atoms with Crippen LogP contribution in [0.3, 0.4) is 0 Å². The number of nitrogens with one attached hydrogen (secondary N) is 1. The van der Waals surface area contributed by atoms with Gasteiger partial charge in [-0.05, 0) is 55.2 Å². The predicted octanol–water partition coefficient (Wildman–Crippen LogP) is 5.85. The van der Waals surface area contributed by atoms with Crippen molar-refractivity contribution in [2.24, 2.45) is 0 Å². The third-order valence-corrected chi connectivity index (χ3v) is 6.52. The van der Waals surface area contributed by atoms with Gasteiger partial charge in [-0.15, -0.1) is 11.3 Å². The number of fused-ring (bicyclic) bond motifs is 1. The lowest BCUT2D eigenvalue weighted by molar-refractivity contribution is -0.118. The zero-order valence-electron chi connectivity index (χ0n) is 19.2. The lowest BCUT2D eigenvalue weighted by atomic mass is 9.99. The Morgan fingerprint density at radius 3 is 2.42 bits per heavy atom. The quantitative estimate of drug-likeness (QED) is 0.375. The molecule has 1 amide bonds. The van der Waals surface area contributed by atoms with Crippen LogP contribution in [0, 0.1) is 0 Å². The van der Waals surface area contributed by atoms with E-state index in [-0.39, 0.29) is 11.5 Å². The first-order valence-electron chi connectivity index (χ1n) is 11.0. The van der Waals surface area contributed by atoms with E-state index in [1.54, 1.807) is 31.2 Å². The van der Waals surface area contributed by atoms with E-state index in [0.29, 0.717) is 28.4 Å². The Kier molecular flexibility index (Phi) is 6.60. The third-order valence-electron chi connectivity index (χ3n) is 5.64. The predicted molar refractivity (Wildman–Crippen MR) is 134 cm³/mol. The molecule has 0 saturated carbocycles. The Balaban J connectivity index is 1.62. The van der Waals surface area contributed by atoms with Crippen molar-refractivity contribution in [2.45, 2.75) is 39.7 Å². The largest absolute Gasteiger partial charge is 0.494 e. The number of carbonyl (C=O) groups is 1.